The standard InChI is InChI=1S/C16H24N4O2/c1-11-9-13(19-15(22)7-6-14(17)21)10-18-16(11)20-8-4-3-5-12(20)2/h9-10,12H,3-8H2,1-2H3,(H2,17,21)(H,19,22). The van der Waals surface area contributed by atoms with Crippen molar-refractivity contribution < 1.29 is 9.59 Å². The maximum Gasteiger partial charge on any atom is 0.224 e. The Morgan fingerprint density at radius 2 is 2.18 bits per heavy atom. The average Bonchev–Trinajstić information content (AvgIpc) is 2.46. The lowest BCUT2D eigenvalue weighted by Gasteiger charge is -2.35. The van der Waals surface area contributed by atoms with Crippen LogP contribution in [0.5, 0.6) is 0 Å². The highest BCUT2D eigenvalue weighted by Crippen LogP contribution is 2.27. The normalized spacial score (nSPS) is 18.1. The Morgan fingerprint density at radius 1 is 1.41 bits per heavy atom. The molecule has 1 aromatic heterocycles. The Bertz CT molecular complexity index is 559. The molecule has 1 aromatic rings. The molecule has 0 spiro atoms. The average molecular weight is 304 g/mol. The summed E-state index contributed by atoms with van der Waals surface area (Å²) in [7, 11) is 0. The molecule has 1 aliphatic rings. The van der Waals surface area contributed by atoms with Crippen LogP contribution in [0, 0.1) is 6.92 Å². The van der Waals surface area contributed by atoms with Crippen LogP contribution >= 0.6 is 0 Å². The summed E-state index contributed by atoms with van der Waals surface area (Å²) in [5.41, 5.74) is 6.73. The molecule has 22 heavy (non-hydrogen) atoms. The molecule has 120 valence electrons. The molecule has 2 heterocycles. The summed E-state index contributed by atoms with van der Waals surface area (Å²) in [5.74, 6) is 0.292. The van der Waals surface area contributed by atoms with Gasteiger partial charge in [0.15, 0.2) is 0 Å². The maximum atomic E-state index is 11.7. The quantitative estimate of drug-likeness (QED) is 0.870. The van der Waals surface area contributed by atoms with E-state index in [1.54, 1.807) is 6.20 Å². The van der Waals surface area contributed by atoms with Gasteiger partial charge in [-0.3, -0.25) is 9.59 Å². The van der Waals surface area contributed by atoms with E-state index in [4.69, 9.17) is 5.73 Å². The lowest BCUT2D eigenvalue weighted by Crippen LogP contribution is -2.38. The van der Waals surface area contributed by atoms with Crippen LogP contribution in [0.25, 0.3) is 0 Å². The zero-order chi connectivity index (χ0) is 16.1. The topological polar surface area (TPSA) is 88.3 Å². The largest absolute Gasteiger partial charge is 0.370 e. The number of primary amides is 1. The Morgan fingerprint density at radius 3 is 2.82 bits per heavy atom. The van der Waals surface area contributed by atoms with E-state index in [1.165, 1.54) is 19.3 Å². The van der Waals surface area contributed by atoms with Gasteiger partial charge in [0.05, 0.1) is 11.9 Å². The summed E-state index contributed by atoms with van der Waals surface area (Å²) in [6, 6.07) is 2.42. The number of amides is 2. The summed E-state index contributed by atoms with van der Waals surface area (Å²) in [5, 5.41) is 2.75. The number of carbonyl (C=O) groups is 2. The van der Waals surface area contributed by atoms with Crippen LogP contribution in [0.3, 0.4) is 0 Å². The zero-order valence-electron chi connectivity index (χ0n) is 13.3. The van der Waals surface area contributed by atoms with E-state index in [0.29, 0.717) is 11.7 Å². The van der Waals surface area contributed by atoms with Crippen molar-refractivity contribution in [3.63, 3.8) is 0 Å². The molecule has 0 saturated carbocycles. The lowest BCUT2D eigenvalue weighted by atomic mass is 10.0. The second-order valence-electron chi connectivity index (χ2n) is 5.92. The van der Waals surface area contributed by atoms with Crippen molar-refractivity contribution in [1.82, 2.24) is 4.98 Å². The number of aromatic nitrogens is 1. The number of nitrogens with zero attached hydrogens (tertiary/aromatic N) is 2. The Kier molecular flexibility index (Phi) is 5.35. The van der Waals surface area contributed by atoms with Gasteiger partial charge in [-0.1, -0.05) is 0 Å². The fourth-order valence-electron chi connectivity index (χ4n) is 2.81. The number of piperidine rings is 1. The first kappa shape index (κ1) is 16.3. The molecule has 1 atom stereocenters. The number of hydrogen-bond acceptors (Lipinski definition) is 4. The van der Waals surface area contributed by atoms with Crippen molar-refractivity contribution in [2.75, 3.05) is 16.8 Å². The minimum Gasteiger partial charge on any atom is -0.370 e. The first-order valence-electron chi connectivity index (χ1n) is 7.79. The first-order chi connectivity index (χ1) is 10.5. The predicted molar refractivity (Wildman–Crippen MR) is 86.7 cm³/mol. The molecule has 2 amide bonds. The third-order valence-corrected chi connectivity index (χ3v) is 4.01. The van der Waals surface area contributed by atoms with Gasteiger partial charge in [-0.2, -0.15) is 0 Å². The van der Waals surface area contributed by atoms with E-state index in [9.17, 15) is 9.59 Å². The van der Waals surface area contributed by atoms with Crippen molar-refractivity contribution in [3.8, 4) is 0 Å². The van der Waals surface area contributed by atoms with Crippen LogP contribution in [0.4, 0.5) is 11.5 Å². The zero-order valence-corrected chi connectivity index (χ0v) is 13.3. The number of nitrogens with one attached hydrogen (secondary N) is 1. The summed E-state index contributed by atoms with van der Waals surface area (Å²) in [6.45, 7) is 5.25. The number of aryl methyl sites for hydroxylation is 1. The van der Waals surface area contributed by atoms with E-state index in [0.717, 1.165) is 17.9 Å². The molecule has 6 nitrogen and oxygen atoms in total. The number of hydrogen-bond donors (Lipinski definition) is 2. The minimum atomic E-state index is -0.473. The van der Waals surface area contributed by atoms with Crippen LogP contribution in [-0.2, 0) is 9.59 Å². The molecule has 0 aromatic carbocycles. The number of nitrogens with two attached hydrogens (primary N) is 1. The van der Waals surface area contributed by atoms with Gasteiger partial charge in [0, 0.05) is 25.4 Å². The fraction of sp³-hybridized carbons (Fsp3) is 0.562. The Hall–Kier alpha value is -2.11. The number of pyridine rings is 1. The van der Waals surface area contributed by atoms with Crippen LogP contribution < -0.4 is 16.0 Å². The second kappa shape index (κ2) is 7.24. The molecule has 1 aliphatic heterocycles. The van der Waals surface area contributed by atoms with Gasteiger partial charge in [0.2, 0.25) is 11.8 Å². The summed E-state index contributed by atoms with van der Waals surface area (Å²) >= 11 is 0. The lowest BCUT2D eigenvalue weighted by molar-refractivity contribution is -0.122. The first-order valence-corrected chi connectivity index (χ1v) is 7.79. The van der Waals surface area contributed by atoms with Gasteiger partial charge in [-0.15, -0.1) is 0 Å². The maximum absolute atomic E-state index is 11.7. The highest BCUT2D eigenvalue weighted by molar-refractivity contribution is 5.93. The molecule has 1 saturated heterocycles. The fourth-order valence-corrected chi connectivity index (χ4v) is 2.81. The van der Waals surface area contributed by atoms with Crippen LogP contribution in [0.2, 0.25) is 0 Å². The monoisotopic (exact) mass is 304 g/mol. The molecule has 1 fully saturated rings. The van der Waals surface area contributed by atoms with Gasteiger partial charge in [0.25, 0.3) is 0 Å². The Labute approximate surface area is 131 Å². The predicted octanol–water partition coefficient (Wildman–Crippen LogP) is 1.97. The highest BCUT2D eigenvalue weighted by Gasteiger charge is 2.21. The third kappa shape index (κ3) is 4.19. The van der Waals surface area contributed by atoms with Crippen molar-refractivity contribution in [1.29, 1.82) is 0 Å². The van der Waals surface area contributed by atoms with Gasteiger partial charge < -0.3 is 16.0 Å². The highest BCUT2D eigenvalue weighted by atomic mass is 16.2. The molecule has 0 radical (unpaired) electrons. The van der Waals surface area contributed by atoms with E-state index in [2.05, 4.69) is 22.1 Å². The summed E-state index contributed by atoms with van der Waals surface area (Å²) in [4.78, 5) is 29.2. The Balaban J connectivity index is 2.03. The SMILES string of the molecule is Cc1cc(NC(=O)CCC(N)=O)cnc1N1CCCCC1C. The van der Waals surface area contributed by atoms with Crippen LogP contribution in [0.1, 0.15) is 44.6 Å². The van der Waals surface area contributed by atoms with E-state index in [1.807, 2.05) is 13.0 Å². The summed E-state index contributed by atoms with van der Waals surface area (Å²) in [6.07, 6.45) is 5.47. The van der Waals surface area contributed by atoms with Crippen molar-refractivity contribution in [3.05, 3.63) is 17.8 Å². The number of anilines is 2. The van der Waals surface area contributed by atoms with E-state index in [-0.39, 0.29) is 18.7 Å². The molecule has 1 unspecified atom stereocenters. The van der Waals surface area contributed by atoms with Crippen molar-refractivity contribution in [2.45, 2.75) is 52.0 Å². The number of carbonyl (C=O) groups excluding carboxylic acids is 2. The molecule has 2 rings (SSSR count). The van der Waals surface area contributed by atoms with E-state index >= 15 is 0 Å². The van der Waals surface area contributed by atoms with Gasteiger partial charge in [-0.25, -0.2) is 4.98 Å². The third-order valence-electron chi connectivity index (χ3n) is 4.01. The minimum absolute atomic E-state index is 0.0572. The second-order valence-corrected chi connectivity index (χ2v) is 5.92. The van der Waals surface area contributed by atoms with Gasteiger partial charge >= 0.3 is 0 Å². The molecular weight excluding hydrogens is 280 g/mol. The van der Waals surface area contributed by atoms with Crippen molar-refractivity contribution in [2.24, 2.45) is 5.73 Å². The van der Waals surface area contributed by atoms with E-state index < -0.39 is 5.91 Å². The smallest absolute Gasteiger partial charge is 0.224 e. The van der Waals surface area contributed by atoms with Crippen molar-refractivity contribution >= 4 is 23.3 Å². The molecule has 6 heteroatoms. The molecule has 3 N–H and O–H groups in total. The van der Waals surface area contributed by atoms with Crippen LogP contribution in [-0.4, -0.2) is 29.4 Å². The molecule has 0 aliphatic carbocycles. The summed E-state index contributed by atoms with van der Waals surface area (Å²) < 4.78 is 0. The van der Waals surface area contributed by atoms with Gasteiger partial charge in [0.1, 0.15) is 5.82 Å². The van der Waals surface area contributed by atoms with Gasteiger partial charge in [-0.05, 0) is 44.7 Å². The molecule has 0 bridgehead atoms. The number of rotatable bonds is 5. The van der Waals surface area contributed by atoms with Crippen LogP contribution in [0.15, 0.2) is 12.3 Å². The molecular formula is C16H24N4O2.